The maximum atomic E-state index is 12.8. The quantitative estimate of drug-likeness (QED) is 0.381. The topological polar surface area (TPSA) is 85.2 Å². The van der Waals surface area contributed by atoms with E-state index in [9.17, 15) is 23.1 Å². The second kappa shape index (κ2) is 11.0. The van der Waals surface area contributed by atoms with Crippen molar-refractivity contribution >= 4 is 5.97 Å². The number of carboxylic acid groups (broad SMARTS) is 1. The van der Waals surface area contributed by atoms with Crippen molar-refractivity contribution in [2.24, 2.45) is 5.92 Å². The van der Waals surface area contributed by atoms with E-state index in [1.807, 2.05) is 12.2 Å². The van der Waals surface area contributed by atoms with Crippen LogP contribution in [0.15, 0.2) is 48.6 Å². The van der Waals surface area contributed by atoms with Gasteiger partial charge in [0, 0.05) is 18.8 Å². The molecular weight excluding hydrogens is 429 g/mol. The molecule has 0 aromatic heterocycles. The van der Waals surface area contributed by atoms with Crippen LogP contribution in [0.25, 0.3) is 0 Å². The van der Waals surface area contributed by atoms with Gasteiger partial charge >= 0.3 is 12.1 Å². The molecule has 3 aliphatic heterocycles. The summed E-state index contributed by atoms with van der Waals surface area (Å²) < 4.78 is 55.1. The van der Waals surface area contributed by atoms with Crippen LogP contribution < -0.4 is 4.74 Å². The van der Waals surface area contributed by atoms with E-state index in [0.29, 0.717) is 19.3 Å². The van der Waals surface area contributed by atoms with Crippen LogP contribution in [0, 0.1) is 5.92 Å². The van der Waals surface area contributed by atoms with Crippen molar-refractivity contribution in [3.8, 4) is 5.75 Å². The van der Waals surface area contributed by atoms with E-state index in [4.69, 9.17) is 19.3 Å². The van der Waals surface area contributed by atoms with Crippen molar-refractivity contribution in [3.05, 3.63) is 54.1 Å². The third-order valence-corrected chi connectivity index (χ3v) is 5.40. The van der Waals surface area contributed by atoms with Gasteiger partial charge in [-0.1, -0.05) is 30.4 Å². The van der Waals surface area contributed by atoms with Crippen LogP contribution in [-0.2, 0) is 20.4 Å². The summed E-state index contributed by atoms with van der Waals surface area (Å²) in [5.74, 6) is -0.723. The van der Waals surface area contributed by atoms with Crippen LogP contribution in [0.2, 0.25) is 0 Å². The number of ether oxygens (including phenoxy) is 3. The Hall–Kier alpha value is -2.36. The van der Waals surface area contributed by atoms with E-state index in [2.05, 4.69) is 0 Å². The van der Waals surface area contributed by atoms with Crippen molar-refractivity contribution < 1.29 is 42.4 Å². The molecule has 4 rings (SSSR count). The molecule has 5 atom stereocenters. The summed E-state index contributed by atoms with van der Waals surface area (Å²) in [4.78, 5) is 10.5. The Labute approximate surface area is 184 Å². The molecule has 0 radical (unpaired) electrons. The average molecular weight is 456 g/mol. The van der Waals surface area contributed by atoms with Gasteiger partial charge in [0.15, 0.2) is 6.29 Å². The van der Waals surface area contributed by atoms with Crippen LogP contribution in [0.5, 0.6) is 5.75 Å². The van der Waals surface area contributed by atoms with Crippen LogP contribution >= 0.6 is 0 Å². The second-order valence-corrected chi connectivity index (χ2v) is 7.89. The predicted octanol–water partition coefficient (Wildman–Crippen LogP) is 4.33. The normalized spacial score (nSPS) is 26.2. The number of hydrogen-bond acceptors (Lipinski definition) is 5. The molecule has 0 unspecified atom stereocenters. The monoisotopic (exact) mass is 456 g/mol. The highest BCUT2D eigenvalue weighted by Crippen LogP contribution is 2.40. The minimum Gasteiger partial charge on any atom is -0.491 e. The number of carboxylic acids is 1. The number of fused-ring (bicyclic) bond motifs is 2. The van der Waals surface area contributed by atoms with Gasteiger partial charge in [-0.05, 0) is 37.5 Å². The number of carbonyl (C=O) groups is 1. The Morgan fingerprint density at radius 2 is 2.06 bits per heavy atom. The molecule has 2 N–H and O–H groups in total. The first-order valence-corrected chi connectivity index (χ1v) is 10.6. The van der Waals surface area contributed by atoms with Gasteiger partial charge in [-0.3, -0.25) is 4.79 Å². The number of alkyl halides is 3. The maximum Gasteiger partial charge on any atom is 0.416 e. The number of hydrogen-bond donors (Lipinski definition) is 2. The van der Waals surface area contributed by atoms with Gasteiger partial charge < -0.3 is 24.4 Å². The lowest BCUT2D eigenvalue weighted by molar-refractivity contribution is -0.337. The van der Waals surface area contributed by atoms with Crippen molar-refractivity contribution in [2.75, 3.05) is 6.61 Å². The third kappa shape index (κ3) is 7.08. The predicted molar refractivity (Wildman–Crippen MR) is 109 cm³/mol. The molecule has 9 heteroatoms. The number of allylic oxidation sites excluding steroid dienone is 2. The zero-order chi connectivity index (χ0) is 23.1. The number of rotatable bonds is 11. The van der Waals surface area contributed by atoms with Gasteiger partial charge in [0.1, 0.15) is 18.5 Å². The molecule has 0 aliphatic carbocycles. The summed E-state index contributed by atoms with van der Waals surface area (Å²) in [6.07, 6.45) is 4.16. The summed E-state index contributed by atoms with van der Waals surface area (Å²) >= 11 is 0. The van der Waals surface area contributed by atoms with Crippen molar-refractivity contribution in [1.82, 2.24) is 0 Å². The summed E-state index contributed by atoms with van der Waals surface area (Å²) in [5, 5.41) is 18.8. The van der Waals surface area contributed by atoms with E-state index < -0.39 is 23.8 Å². The Kier molecular flexibility index (Phi) is 8.33. The van der Waals surface area contributed by atoms with E-state index >= 15 is 0 Å². The third-order valence-electron chi connectivity index (χ3n) is 5.40. The lowest BCUT2D eigenvalue weighted by Crippen LogP contribution is -2.55. The number of aliphatic hydroxyl groups is 1. The van der Waals surface area contributed by atoms with Gasteiger partial charge in [0.25, 0.3) is 0 Å². The van der Waals surface area contributed by atoms with Crippen molar-refractivity contribution in [2.45, 2.75) is 62.9 Å². The second-order valence-electron chi connectivity index (χ2n) is 7.89. The molecule has 3 saturated heterocycles. The standard InChI is InChI=1S/C23H27F3O6/c24-23(25,26)15-6-5-7-17(12-15)30-14-16(27)10-11-19-18(20-13-22(31-19)32-20)8-3-1-2-4-9-21(28)29/h1,3,5-7,10-12,16,18-20,22,27H,2,4,8-9,13-14H2,(H,28,29)/t16-,18-,19-,20+,22-/m1/s1. The van der Waals surface area contributed by atoms with Gasteiger partial charge in [0.05, 0.1) is 17.8 Å². The number of benzene rings is 1. The first-order valence-electron chi connectivity index (χ1n) is 10.6. The summed E-state index contributed by atoms with van der Waals surface area (Å²) in [7, 11) is 0. The Bertz CT molecular complexity index is 816. The lowest BCUT2D eigenvalue weighted by Gasteiger charge is -2.49. The largest absolute Gasteiger partial charge is 0.491 e. The van der Waals surface area contributed by atoms with Crippen LogP contribution in [-0.4, -0.2) is 47.4 Å². The number of halogens is 3. The van der Waals surface area contributed by atoms with E-state index in [1.165, 1.54) is 18.2 Å². The molecule has 0 saturated carbocycles. The molecule has 0 spiro atoms. The molecule has 1 aromatic rings. The fourth-order valence-electron chi connectivity index (χ4n) is 3.68. The van der Waals surface area contributed by atoms with Crippen molar-refractivity contribution in [1.29, 1.82) is 0 Å². The lowest BCUT2D eigenvalue weighted by atomic mass is 9.84. The molecule has 3 fully saturated rings. The van der Waals surface area contributed by atoms with Gasteiger partial charge in [-0.15, -0.1) is 0 Å². The maximum absolute atomic E-state index is 12.8. The number of aliphatic carboxylic acids is 1. The molecule has 176 valence electrons. The molecule has 1 aromatic carbocycles. The van der Waals surface area contributed by atoms with Crippen LogP contribution in [0.4, 0.5) is 13.2 Å². The summed E-state index contributed by atoms with van der Waals surface area (Å²) in [6.45, 7) is -0.192. The smallest absolute Gasteiger partial charge is 0.416 e. The SMILES string of the molecule is O=C(O)CCCC=CC[C@H]1[C@@H]2C[C@@H](O2)O[C@@H]1C=C[C@@H](O)COc1cccc(C(F)(F)F)c1. The zero-order valence-electron chi connectivity index (χ0n) is 17.4. The van der Waals surface area contributed by atoms with E-state index in [0.717, 1.165) is 18.6 Å². The van der Waals surface area contributed by atoms with E-state index in [-0.39, 0.29) is 43.2 Å². The number of unbranched alkanes of at least 4 members (excludes halogenated alkanes) is 1. The molecular formula is C23H27F3O6. The molecule has 3 heterocycles. The Morgan fingerprint density at radius 1 is 1.28 bits per heavy atom. The molecule has 6 nitrogen and oxygen atoms in total. The fraction of sp³-hybridized carbons (Fsp3) is 0.522. The minimum absolute atomic E-state index is 0.0294. The first kappa shape index (κ1) is 24.3. The van der Waals surface area contributed by atoms with Gasteiger partial charge in [-0.2, -0.15) is 13.2 Å². The van der Waals surface area contributed by atoms with Gasteiger partial charge in [-0.25, -0.2) is 0 Å². The molecule has 32 heavy (non-hydrogen) atoms. The zero-order valence-corrected chi connectivity index (χ0v) is 17.4. The molecule has 0 amide bonds. The Morgan fingerprint density at radius 3 is 2.78 bits per heavy atom. The first-order chi connectivity index (χ1) is 15.2. The van der Waals surface area contributed by atoms with Crippen LogP contribution in [0.3, 0.4) is 0 Å². The van der Waals surface area contributed by atoms with Gasteiger partial charge in [0.2, 0.25) is 0 Å². The fourth-order valence-corrected chi connectivity index (χ4v) is 3.68. The van der Waals surface area contributed by atoms with E-state index in [1.54, 1.807) is 6.08 Å². The highest BCUT2D eigenvalue weighted by Gasteiger charge is 2.46. The average Bonchev–Trinajstić information content (AvgIpc) is 2.72. The summed E-state index contributed by atoms with van der Waals surface area (Å²) in [5.41, 5.74) is -0.811. The van der Waals surface area contributed by atoms with Crippen molar-refractivity contribution in [3.63, 3.8) is 0 Å². The molecule has 2 bridgehead atoms. The highest BCUT2D eigenvalue weighted by molar-refractivity contribution is 5.66. The highest BCUT2D eigenvalue weighted by atomic mass is 19.4. The number of aliphatic hydroxyl groups excluding tert-OH is 1. The summed E-state index contributed by atoms with van der Waals surface area (Å²) in [6, 6.07) is 4.50. The van der Waals surface area contributed by atoms with Crippen LogP contribution in [0.1, 0.15) is 37.7 Å². The Balaban J connectivity index is 1.48. The molecule has 3 aliphatic rings. The minimum atomic E-state index is -4.46.